The van der Waals surface area contributed by atoms with Crippen LogP contribution in [0.4, 0.5) is 4.39 Å². The largest absolute Gasteiger partial charge is 0.296 e. The van der Waals surface area contributed by atoms with Gasteiger partial charge >= 0.3 is 0 Å². The van der Waals surface area contributed by atoms with Gasteiger partial charge in [0.05, 0.1) is 11.9 Å². The first-order valence-electron chi connectivity index (χ1n) is 4.78. The highest BCUT2D eigenvalue weighted by molar-refractivity contribution is 5.70. The molecule has 1 heterocycles. The molecule has 0 saturated carbocycles. The van der Waals surface area contributed by atoms with E-state index >= 15 is 0 Å². The Balaban J connectivity index is 2.14. The van der Waals surface area contributed by atoms with E-state index in [0.29, 0.717) is 18.4 Å². The molecule has 1 aromatic heterocycles. The van der Waals surface area contributed by atoms with E-state index in [2.05, 4.69) is 9.97 Å². The standard InChI is InChI=1S/C12H9FN2O/c13-10-3-1-9(2-4-10)5-11-6-15-12(8-16)7-14-11/h1-4,6-8H,5H2. The van der Waals surface area contributed by atoms with Crippen LogP contribution in [0.15, 0.2) is 36.7 Å². The Labute approximate surface area is 92.0 Å². The molecule has 0 fully saturated rings. The van der Waals surface area contributed by atoms with E-state index in [1.807, 2.05) is 0 Å². The molecule has 0 amide bonds. The van der Waals surface area contributed by atoms with Crippen LogP contribution in [-0.4, -0.2) is 16.3 Å². The van der Waals surface area contributed by atoms with Crippen molar-refractivity contribution >= 4 is 6.29 Å². The van der Waals surface area contributed by atoms with Gasteiger partial charge in [0.25, 0.3) is 0 Å². The maximum absolute atomic E-state index is 12.7. The van der Waals surface area contributed by atoms with Gasteiger partial charge in [0.15, 0.2) is 6.29 Å². The number of carbonyl (C=O) groups excluding carboxylic acids is 1. The van der Waals surface area contributed by atoms with Crippen molar-refractivity contribution in [3.8, 4) is 0 Å². The fraction of sp³-hybridized carbons (Fsp3) is 0.0833. The predicted octanol–water partition coefficient (Wildman–Crippen LogP) is 2.02. The molecule has 0 bridgehead atoms. The average Bonchev–Trinajstić information content (AvgIpc) is 2.33. The number of hydrogen-bond acceptors (Lipinski definition) is 3. The third kappa shape index (κ3) is 2.48. The lowest BCUT2D eigenvalue weighted by atomic mass is 10.1. The molecule has 0 N–H and O–H groups in total. The highest BCUT2D eigenvalue weighted by Gasteiger charge is 1.99. The first-order chi connectivity index (χ1) is 7.78. The second-order valence-corrected chi connectivity index (χ2v) is 3.35. The molecule has 0 aliphatic carbocycles. The number of carbonyl (C=O) groups is 1. The molecular weight excluding hydrogens is 207 g/mol. The van der Waals surface area contributed by atoms with Crippen LogP contribution in [0.2, 0.25) is 0 Å². The van der Waals surface area contributed by atoms with E-state index in [-0.39, 0.29) is 5.82 Å². The van der Waals surface area contributed by atoms with Crippen LogP contribution < -0.4 is 0 Å². The minimum Gasteiger partial charge on any atom is -0.296 e. The summed E-state index contributed by atoms with van der Waals surface area (Å²) in [5, 5.41) is 0. The molecule has 2 rings (SSSR count). The minimum absolute atomic E-state index is 0.258. The summed E-state index contributed by atoms with van der Waals surface area (Å²) in [6, 6.07) is 6.21. The van der Waals surface area contributed by atoms with E-state index in [0.717, 1.165) is 11.3 Å². The summed E-state index contributed by atoms with van der Waals surface area (Å²) in [6.45, 7) is 0. The first-order valence-corrected chi connectivity index (χ1v) is 4.78. The van der Waals surface area contributed by atoms with E-state index in [1.54, 1.807) is 18.3 Å². The molecule has 1 aromatic carbocycles. The molecule has 0 atom stereocenters. The molecule has 0 spiro atoms. The van der Waals surface area contributed by atoms with Crippen LogP contribution in [0, 0.1) is 5.82 Å². The Hall–Kier alpha value is -2.10. The summed E-state index contributed by atoms with van der Waals surface area (Å²) < 4.78 is 12.7. The van der Waals surface area contributed by atoms with E-state index in [9.17, 15) is 9.18 Å². The van der Waals surface area contributed by atoms with Crippen molar-refractivity contribution < 1.29 is 9.18 Å². The van der Waals surface area contributed by atoms with Crippen molar-refractivity contribution in [2.75, 3.05) is 0 Å². The SMILES string of the molecule is O=Cc1cnc(Cc2ccc(F)cc2)cn1. The van der Waals surface area contributed by atoms with Crippen LogP contribution in [0.1, 0.15) is 21.7 Å². The van der Waals surface area contributed by atoms with Crippen molar-refractivity contribution in [1.29, 1.82) is 0 Å². The maximum atomic E-state index is 12.7. The van der Waals surface area contributed by atoms with Gasteiger partial charge in [-0.2, -0.15) is 0 Å². The molecule has 3 nitrogen and oxygen atoms in total. The van der Waals surface area contributed by atoms with Crippen molar-refractivity contribution in [1.82, 2.24) is 9.97 Å². The van der Waals surface area contributed by atoms with E-state index in [4.69, 9.17) is 0 Å². The summed E-state index contributed by atoms with van der Waals surface area (Å²) in [6.07, 6.45) is 4.19. The molecular formula is C12H9FN2O. The van der Waals surface area contributed by atoms with Crippen LogP contribution in [-0.2, 0) is 6.42 Å². The molecule has 4 heteroatoms. The summed E-state index contributed by atoms with van der Waals surface area (Å²) in [5.74, 6) is -0.258. The molecule has 0 saturated heterocycles. The topological polar surface area (TPSA) is 42.9 Å². The predicted molar refractivity (Wildman–Crippen MR) is 56.6 cm³/mol. The second kappa shape index (κ2) is 4.61. The maximum Gasteiger partial charge on any atom is 0.170 e. The number of aldehydes is 1. The number of hydrogen-bond donors (Lipinski definition) is 0. The van der Waals surface area contributed by atoms with Crippen molar-refractivity contribution in [2.24, 2.45) is 0 Å². The third-order valence-corrected chi connectivity index (χ3v) is 2.14. The van der Waals surface area contributed by atoms with Crippen molar-refractivity contribution in [3.63, 3.8) is 0 Å². The minimum atomic E-state index is -0.258. The molecule has 0 radical (unpaired) electrons. The van der Waals surface area contributed by atoms with Crippen molar-refractivity contribution in [2.45, 2.75) is 6.42 Å². The molecule has 2 aromatic rings. The van der Waals surface area contributed by atoms with Gasteiger partial charge in [-0.25, -0.2) is 9.37 Å². The van der Waals surface area contributed by atoms with Gasteiger partial charge in [-0.1, -0.05) is 12.1 Å². The lowest BCUT2D eigenvalue weighted by Gasteiger charge is -2.00. The fourth-order valence-corrected chi connectivity index (χ4v) is 1.33. The Bertz CT molecular complexity index is 479. The summed E-state index contributed by atoms with van der Waals surface area (Å²) in [5.41, 5.74) is 2.01. The number of rotatable bonds is 3. The third-order valence-electron chi connectivity index (χ3n) is 2.14. The lowest BCUT2D eigenvalue weighted by molar-refractivity contribution is 0.111. The van der Waals surface area contributed by atoms with E-state index < -0.39 is 0 Å². The Morgan fingerprint density at radius 2 is 1.88 bits per heavy atom. The molecule has 0 aliphatic rings. The van der Waals surface area contributed by atoms with Gasteiger partial charge in [-0.3, -0.25) is 9.78 Å². The van der Waals surface area contributed by atoms with Gasteiger partial charge < -0.3 is 0 Å². The first kappa shape index (κ1) is 10.4. The Kier molecular flexibility index (Phi) is 3.00. The Morgan fingerprint density at radius 3 is 2.44 bits per heavy atom. The van der Waals surface area contributed by atoms with Crippen LogP contribution in [0.3, 0.4) is 0 Å². The summed E-state index contributed by atoms with van der Waals surface area (Å²) in [7, 11) is 0. The number of benzene rings is 1. The lowest BCUT2D eigenvalue weighted by Crippen LogP contribution is -1.96. The van der Waals surface area contributed by atoms with Crippen LogP contribution >= 0.6 is 0 Å². The molecule has 0 aliphatic heterocycles. The highest BCUT2D eigenvalue weighted by atomic mass is 19.1. The zero-order valence-electron chi connectivity index (χ0n) is 8.43. The van der Waals surface area contributed by atoms with Crippen LogP contribution in [0.5, 0.6) is 0 Å². The van der Waals surface area contributed by atoms with Gasteiger partial charge in [-0.05, 0) is 17.7 Å². The number of halogens is 1. The summed E-state index contributed by atoms with van der Waals surface area (Å²) >= 11 is 0. The van der Waals surface area contributed by atoms with Crippen molar-refractivity contribution in [3.05, 3.63) is 59.4 Å². The average molecular weight is 216 g/mol. The molecule has 80 valence electrons. The summed E-state index contributed by atoms with van der Waals surface area (Å²) in [4.78, 5) is 18.4. The number of aromatic nitrogens is 2. The number of nitrogens with zero attached hydrogens (tertiary/aromatic N) is 2. The zero-order chi connectivity index (χ0) is 11.4. The highest BCUT2D eigenvalue weighted by Crippen LogP contribution is 2.07. The fourth-order valence-electron chi connectivity index (χ4n) is 1.33. The monoisotopic (exact) mass is 216 g/mol. The van der Waals surface area contributed by atoms with Crippen LogP contribution in [0.25, 0.3) is 0 Å². The van der Waals surface area contributed by atoms with Gasteiger partial charge in [0.2, 0.25) is 0 Å². The van der Waals surface area contributed by atoms with Gasteiger partial charge in [-0.15, -0.1) is 0 Å². The normalized spacial score (nSPS) is 10.1. The second-order valence-electron chi connectivity index (χ2n) is 3.35. The molecule has 0 unspecified atom stereocenters. The smallest absolute Gasteiger partial charge is 0.170 e. The van der Waals surface area contributed by atoms with Gasteiger partial charge in [0, 0.05) is 12.6 Å². The Morgan fingerprint density at radius 1 is 1.12 bits per heavy atom. The molecule has 16 heavy (non-hydrogen) atoms. The van der Waals surface area contributed by atoms with E-state index in [1.165, 1.54) is 18.3 Å². The zero-order valence-corrected chi connectivity index (χ0v) is 8.43. The van der Waals surface area contributed by atoms with Gasteiger partial charge in [0.1, 0.15) is 11.5 Å². The quantitative estimate of drug-likeness (QED) is 0.737.